The Morgan fingerprint density at radius 1 is 1.35 bits per heavy atom. The third-order valence-corrected chi connectivity index (χ3v) is 3.19. The highest BCUT2D eigenvalue weighted by Crippen LogP contribution is 2.33. The van der Waals surface area contributed by atoms with Crippen molar-refractivity contribution >= 4 is 17.3 Å². The number of halogens is 1. The Kier molecular flexibility index (Phi) is 2.77. The number of rotatable bonds is 4. The van der Waals surface area contributed by atoms with E-state index in [4.69, 9.17) is 16.0 Å². The molecule has 2 heterocycles. The molecule has 4 heteroatoms. The second-order valence-corrected chi connectivity index (χ2v) is 4.72. The van der Waals surface area contributed by atoms with Crippen molar-refractivity contribution in [3.8, 4) is 0 Å². The summed E-state index contributed by atoms with van der Waals surface area (Å²) < 4.78 is 5.15. The van der Waals surface area contributed by atoms with Gasteiger partial charge in [0.15, 0.2) is 0 Å². The molecule has 2 aromatic rings. The molecular formula is C13H13ClN2O. The number of nitrogens with zero attached hydrogens (tertiary/aromatic N) is 2. The molecule has 0 unspecified atom stereocenters. The van der Waals surface area contributed by atoms with E-state index < -0.39 is 0 Å². The quantitative estimate of drug-likeness (QED) is 0.776. The Hall–Kier alpha value is -1.48. The van der Waals surface area contributed by atoms with Crippen LogP contribution in [0.5, 0.6) is 0 Å². The second-order valence-electron chi connectivity index (χ2n) is 4.33. The van der Waals surface area contributed by atoms with Crippen molar-refractivity contribution in [2.45, 2.75) is 25.4 Å². The van der Waals surface area contributed by atoms with Gasteiger partial charge in [-0.15, -0.1) is 0 Å². The van der Waals surface area contributed by atoms with E-state index in [1.54, 1.807) is 12.5 Å². The van der Waals surface area contributed by atoms with Gasteiger partial charge in [-0.1, -0.05) is 17.7 Å². The standard InChI is InChI=1S/C13H13ClN2O/c14-13-4-1-10(7-15-13)8-16(11-2-3-11)12-5-6-17-9-12/h1,4-7,9,11H,2-3,8H2. The molecule has 1 fully saturated rings. The van der Waals surface area contributed by atoms with Crippen molar-refractivity contribution in [1.29, 1.82) is 0 Å². The third kappa shape index (κ3) is 2.44. The predicted molar refractivity (Wildman–Crippen MR) is 67.2 cm³/mol. The van der Waals surface area contributed by atoms with Gasteiger partial charge in [0.1, 0.15) is 11.4 Å². The Bertz CT molecular complexity index is 477. The molecule has 3 rings (SSSR count). The predicted octanol–water partition coefficient (Wildman–Crippen LogP) is 3.50. The van der Waals surface area contributed by atoms with Gasteiger partial charge in [-0.05, 0) is 30.5 Å². The summed E-state index contributed by atoms with van der Waals surface area (Å²) in [5, 5.41) is 0.537. The van der Waals surface area contributed by atoms with Crippen LogP contribution in [0.25, 0.3) is 0 Å². The van der Waals surface area contributed by atoms with Crippen molar-refractivity contribution in [2.24, 2.45) is 0 Å². The van der Waals surface area contributed by atoms with E-state index in [-0.39, 0.29) is 0 Å². The molecule has 17 heavy (non-hydrogen) atoms. The van der Waals surface area contributed by atoms with Crippen molar-refractivity contribution in [1.82, 2.24) is 4.98 Å². The van der Waals surface area contributed by atoms with Gasteiger partial charge >= 0.3 is 0 Å². The van der Waals surface area contributed by atoms with Crippen molar-refractivity contribution in [2.75, 3.05) is 4.90 Å². The zero-order valence-electron chi connectivity index (χ0n) is 9.34. The molecule has 0 atom stereocenters. The molecule has 88 valence electrons. The van der Waals surface area contributed by atoms with Crippen molar-refractivity contribution < 1.29 is 4.42 Å². The topological polar surface area (TPSA) is 29.3 Å². The fourth-order valence-corrected chi connectivity index (χ4v) is 2.05. The molecule has 0 aliphatic heterocycles. The van der Waals surface area contributed by atoms with Gasteiger partial charge in [0.25, 0.3) is 0 Å². The zero-order valence-corrected chi connectivity index (χ0v) is 10.1. The largest absolute Gasteiger partial charge is 0.470 e. The summed E-state index contributed by atoms with van der Waals surface area (Å²) in [5.41, 5.74) is 2.31. The summed E-state index contributed by atoms with van der Waals surface area (Å²) in [6.45, 7) is 0.856. The lowest BCUT2D eigenvalue weighted by Crippen LogP contribution is -2.24. The molecular weight excluding hydrogens is 236 g/mol. The van der Waals surface area contributed by atoms with Crippen LogP contribution in [0.2, 0.25) is 5.15 Å². The lowest BCUT2D eigenvalue weighted by Gasteiger charge is -2.22. The van der Waals surface area contributed by atoms with Crippen LogP contribution in [0.15, 0.2) is 41.3 Å². The smallest absolute Gasteiger partial charge is 0.129 e. The summed E-state index contributed by atoms with van der Waals surface area (Å²) in [4.78, 5) is 6.46. The van der Waals surface area contributed by atoms with Crippen LogP contribution < -0.4 is 4.90 Å². The molecule has 0 aromatic carbocycles. The van der Waals surface area contributed by atoms with Gasteiger partial charge in [-0.25, -0.2) is 4.98 Å². The highest BCUT2D eigenvalue weighted by molar-refractivity contribution is 6.29. The number of anilines is 1. The maximum atomic E-state index is 5.78. The SMILES string of the molecule is Clc1ccc(CN(c2ccoc2)C2CC2)cn1. The van der Waals surface area contributed by atoms with E-state index in [1.807, 2.05) is 24.4 Å². The highest BCUT2D eigenvalue weighted by atomic mass is 35.5. The minimum absolute atomic E-state index is 0.537. The Morgan fingerprint density at radius 2 is 2.24 bits per heavy atom. The van der Waals surface area contributed by atoms with Gasteiger partial charge in [0.05, 0.1) is 12.0 Å². The molecule has 1 aliphatic carbocycles. The summed E-state index contributed by atoms with van der Waals surface area (Å²) in [5.74, 6) is 0. The average molecular weight is 249 g/mol. The van der Waals surface area contributed by atoms with Crippen molar-refractivity contribution in [3.05, 3.63) is 47.6 Å². The molecule has 3 nitrogen and oxygen atoms in total. The van der Waals surface area contributed by atoms with Gasteiger partial charge in [0.2, 0.25) is 0 Å². The van der Waals surface area contributed by atoms with E-state index in [0.29, 0.717) is 11.2 Å². The molecule has 0 spiro atoms. The van der Waals surface area contributed by atoms with Crippen LogP contribution in [0, 0.1) is 0 Å². The maximum absolute atomic E-state index is 5.78. The molecule has 1 aliphatic rings. The Labute approximate surface area is 105 Å². The zero-order chi connectivity index (χ0) is 11.7. The van der Waals surface area contributed by atoms with Crippen LogP contribution >= 0.6 is 11.6 Å². The lowest BCUT2D eigenvalue weighted by atomic mass is 10.2. The molecule has 0 amide bonds. The molecule has 0 radical (unpaired) electrons. The first kappa shape index (κ1) is 10.7. The maximum Gasteiger partial charge on any atom is 0.129 e. The minimum atomic E-state index is 0.537. The molecule has 0 N–H and O–H groups in total. The highest BCUT2D eigenvalue weighted by Gasteiger charge is 2.29. The van der Waals surface area contributed by atoms with E-state index in [9.17, 15) is 0 Å². The summed E-state index contributed by atoms with van der Waals surface area (Å²) >= 11 is 5.78. The van der Waals surface area contributed by atoms with E-state index >= 15 is 0 Å². The minimum Gasteiger partial charge on any atom is -0.470 e. The van der Waals surface area contributed by atoms with Crippen molar-refractivity contribution in [3.63, 3.8) is 0 Å². The van der Waals surface area contributed by atoms with Gasteiger partial charge in [-0.3, -0.25) is 0 Å². The normalized spacial score (nSPS) is 14.9. The summed E-state index contributed by atoms with van der Waals surface area (Å²) in [6.07, 6.45) is 7.85. The summed E-state index contributed by atoms with van der Waals surface area (Å²) in [6, 6.07) is 6.49. The molecule has 0 bridgehead atoms. The number of hydrogen-bond acceptors (Lipinski definition) is 3. The third-order valence-electron chi connectivity index (χ3n) is 2.97. The number of furan rings is 1. The molecule has 0 saturated heterocycles. The van der Waals surface area contributed by atoms with Crippen LogP contribution in [0.3, 0.4) is 0 Å². The van der Waals surface area contributed by atoms with Crippen LogP contribution in [0.1, 0.15) is 18.4 Å². The Morgan fingerprint density at radius 3 is 2.82 bits per heavy atom. The Balaban J connectivity index is 1.79. The average Bonchev–Trinajstić information content (AvgIpc) is 3.03. The second kappa shape index (κ2) is 4.41. The number of pyridine rings is 1. The van der Waals surface area contributed by atoms with E-state index in [2.05, 4.69) is 9.88 Å². The van der Waals surface area contributed by atoms with E-state index in [0.717, 1.165) is 12.2 Å². The molecule has 1 saturated carbocycles. The number of aromatic nitrogens is 1. The van der Waals surface area contributed by atoms with Crippen LogP contribution in [0.4, 0.5) is 5.69 Å². The van der Waals surface area contributed by atoms with Crippen LogP contribution in [-0.2, 0) is 6.54 Å². The summed E-state index contributed by atoms with van der Waals surface area (Å²) in [7, 11) is 0. The first-order valence-corrected chi connectivity index (χ1v) is 6.10. The van der Waals surface area contributed by atoms with Gasteiger partial charge in [0, 0.05) is 18.8 Å². The van der Waals surface area contributed by atoms with E-state index in [1.165, 1.54) is 18.4 Å². The number of hydrogen-bond donors (Lipinski definition) is 0. The first-order chi connectivity index (χ1) is 8.33. The van der Waals surface area contributed by atoms with Gasteiger partial charge < -0.3 is 9.32 Å². The fourth-order valence-electron chi connectivity index (χ4n) is 1.93. The fraction of sp³-hybridized carbons (Fsp3) is 0.308. The van der Waals surface area contributed by atoms with Gasteiger partial charge in [-0.2, -0.15) is 0 Å². The molecule has 2 aromatic heterocycles. The van der Waals surface area contributed by atoms with Crippen LogP contribution in [-0.4, -0.2) is 11.0 Å². The monoisotopic (exact) mass is 248 g/mol. The lowest BCUT2D eigenvalue weighted by molar-refractivity contribution is 0.565. The first-order valence-electron chi connectivity index (χ1n) is 5.72.